The summed E-state index contributed by atoms with van der Waals surface area (Å²) in [5.41, 5.74) is 2.42. The highest BCUT2D eigenvalue weighted by Crippen LogP contribution is 2.20. The number of fused-ring (bicyclic) bond motifs is 1. The van der Waals surface area contributed by atoms with Crippen LogP contribution in [0.3, 0.4) is 0 Å². The molecule has 0 radical (unpaired) electrons. The van der Waals surface area contributed by atoms with Crippen molar-refractivity contribution < 1.29 is 8.42 Å². The van der Waals surface area contributed by atoms with Gasteiger partial charge in [-0.1, -0.05) is 24.3 Å². The third kappa shape index (κ3) is 3.35. The lowest BCUT2D eigenvalue weighted by Gasteiger charge is -2.13. The molecule has 0 saturated carbocycles. The number of thiophene rings is 1. The van der Waals surface area contributed by atoms with Crippen LogP contribution >= 0.6 is 11.3 Å². The second-order valence-corrected chi connectivity index (χ2v) is 7.68. The first-order chi connectivity index (χ1) is 10.6. The van der Waals surface area contributed by atoms with Gasteiger partial charge in [-0.25, -0.2) is 13.1 Å². The maximum absolute atomic E-state index is 12.4. The molecule has 1 N–H and O–H groups in total. The first-order valence-corrected chi connectivity index (χ1v) is 9.49. The molecule has 1 aromatic carbocycles. The molecule has 0 aliphatic carbocycles. The van der Waals surface area contributed by atoms with Crippen LogP contribution in [-0.4, -0.2) is 13.4 Å². The Hall–Kier alpha value is -1.76. The Labute approximate surface area is 133 Å². The van der Waals surface area contributed by atoms with Crippen molar-refractivity contribution in [2.45, 2.75) is 18.7 Å². The molecular formula is C16H16N2O2S2. The lowest BCUT2D eigenvalue weighted by molar-refractivity contribution is 0.566. The van der Waals surface area contributed by atoms with E-state index in [0.29, 0.717) is 5.56 Å². The van der Waals surface area contributed by atoms with E-state index in [-0.39, 0.29) is 11.8 Å². The fourth-order valence-corrected chi connectivity index (χ4v) is 4.54. The first-order valence-electron chi connectivity index (χ1n) is 6.90. The third-order valence-corrected chi connectivity index (χ3v) is 5.57. The average Bonchev–Trinajstić information content (AvgIpc) is 3.01. The van der Waals surface area contributed by atoms with Gasteiger partial charge < -0.3 is 0 Å². The van der Waals surface area contributed by atoms with Crippen LogP contribution < -0.4 is 4.72 Å². The summed E-state index contributed by atoms with van der Waals surface area (Å²) in [6.07, 6.45) is 1.68. The molecular weight excluding hydrogens is 316 g/mol. The van der Waals surface area contributed by atoms with Gasteiger partial charge in [0, 0.05) is 17.6 Å². The fourth-order valence-electron chi connectivity index (χ4n) is 2.39. The van der Waals surface area contributed by atoms with Crippen molar-refractivity contribution in [2.24, 2.45) is 0 Å². The number of para-hydroxylation sites is 1. The SMILES string of the molecule is CC(NS(=O)(=O)Cc1cccc2cccnc12)c1ccsc1. The summed E-state index contributed by atoms with van der Waals surface area (Å²) < 4.78 is 27.6. The van der Waals surface area contributed by atoms with Crippen LogP contribution in [0, 0.1) is 0 Å². The Morgan fingerprint density at radius 3 is 2.82 bits per heavy atom. The summed E-state index contributed by atoms with van der Waals surface area (Å²) in [5, 5.41) is 4.84. The predicted molar refractivity (Wildman–Crippen MR) is 90.2 cm³/mol. The summed E-state index contributed by atoms with van der Waals surface area (Å²) >= 11 is 1.55. The zero-order valence-electron chi connectivity index (χ0n) is 12.1. The number of hydrogen-bond acceptors (Lipinski definition) is 4. The van der Waals surface area contributed by atoms with Crippen LogP contribution in [0.5, 0.6) is 0 Å². The van der Waals surface area contributed by atoms with Crippen LogP contribution in [0.25, 0.3) is 10.9 Å². The van der Waals surface area contributed by atoms with Gasteiger partial charge in [-0.15, -0.1) is 0 Å². The van der Waals surface area contributed by atoms with E-state index in [0.717, 1.165) is 16.5 Å². The highest BCUT2D eigenvalue weighted by molar-refractivity contribution is 7.88. The van der Waals surface area contributed by atoms with E-state index in [1.54, 1.807) is 17.5 Å². The van der Waals surface area contributed by atoms with Crippen LogP contribution in [0.2, 0.25) is 0 Å². The minimum Gasteiger partial charge on any atom is -0.256 e. The molecule has 114 valence electrons. The van der Waals surface area contributed by atoms with E-state index >= 15 is 0 Å². The van der Waals surface area contributed by atoms with Crippen molar-refractivity contribution in [3.05, 3.63) is 64.5 Å². The molecule has 3 rings (SSSR count). The topological polar surface area (TPSA) is 59.1 Å². The molecule has 2 aromatic heterocycles. The van der Waals surface area contributed by atoms with E-state index in [1.807, 2.05) is 54.1 Å². The number of aromatic nitrogens is 1. The standard InChI is InChI=1S/C16H16N2O2S2/c1-12(14-7-9-21-10-14)18-22(19,20)11-15-5-2-4-13-6-3-8-17-16(13)15/h2-10,12,18H,11H2,1H3. The van der Waals surface area contributed by atoms with Crippen molar-refractivity contribution in [3.63, 3.8) is 0 Å². The number of hydrogen-bond donors (Lipinski definition) is 1. The minimum absolute atomic E-state index is 0.0736. The minimum atomic E-state index is -3.44. The zero-order chi connectivity index (χ0) is 15.6. The maximum atomic E-state index is 12.4. The lowest BCUT2D eigenvalue weighted by atomic mass is 10.1. The van der Waals surface area contributed by atoms with Crippen molar-refractivity contribution in [2.75, 3.05) is 0 Å². The van der Waals surface area contributed by atoms with Gasteiger partial charge in [0.2, 0.25) is 10.0 Å². The van der Waals surface area contributed by atoms with E-state index in [9.17, 15) is 8.42 Å². The molecule has 0 spiro atoms. The number of nitrogens with one attached hydrogen (secondary N) is 1. The quantitative estimate of drug-likeness (QED) is 0.778. The van der Waals surface area contributed by atoms with E-state index in [4.69, 9.17) is 0 Å². The van der Waals surface area contributed by atoms with Crippen LogP contribution in [-0.2, 0) is 15.8 Å². The molecule has 0 aliphatic heterocycles. The smallest absolute Gasteiger partial charge is 0.216 e. The number of sulfonamides is 1. The Balaban J connectivity index is 1.84. The predicted octanol–water partition coefficient (Wildman–Crippen LogP) is 3.48. The van der Waals surface area contributed by atoms with Gasteiger partial charge in [-0.05, 0) is 40.9 Å². The summed E-state index contributed by atoms with van der Waals surface area (Å²) in [4.78, 5) is 4.30. The summed E-state index contributed by atoms with van der Waals surface area (Å²) in [6.45, 7) is 1.85. The molecule has 4 nitrogen and oxygen atoms in total. The van der Waals surface area contributed by atoms with E-state index in [2.05, 4.69) is 9.71 Å². The molecule has 1 atom stereocenters. The second-order valence-electron chi connectivity index (χ2n) is 5.15. The monoisotopic (exact) mass is 332 g/mol. The second kappa shape index (κ2) is 6.16. The Morgan fingerprint density at radius 1 is 1.23 bits per heavy atom. The largest absolute Gasteiger partial charge is 0.256 e. The van der Waals surface area contributed by atoms with Gasteiger partial charge in [0.15, 0.2) is 0 Å². The summed E-state index contributed by atoms with van der Waals surface area (Å²) in [5.74, 6) is -0.0736. The van der Waals surface area contributed by atoms with Gasteiger partial charge in [-0.3, -0.25) is 4.98 Å². The number of pyridine rings is 1. The Morgan fingerprint density at radius 2 is 2.05 bits per heavy atom. The Bertz CT molecular complexity index is 869. The van der Waals surface area contributed by atoms with Crippen molar-refractivity contribution >= 4 is 32.3 Å². The molecule has 1 unspecified atom stereocenters. The molecule has 0 saturated heterocycles. The molecule has 0 fully saturated rings. The van der Waals surface area contributed by atoms with Crippen molar-refractivity contribution in [1.29, 1.82) is 0 Å². The summed E-state index contributed by atoms with van der Waals surface area (Å²) in [6, 6.07) is 11.1. The third-order valence-electron chi connectivity index (χ3n) is 3.46. The van der Waals surface area contributed by atoms with E-state index < -0.39 is 10.0 Å². The van der Waals surface area contributed by atoms with Crippen LogP contribution in [0.15, 0.2) is 53.4 Å². The first kappa shape index (κ1) is 15.1. The highest BCUT2D eigenvalue weighted by Gasteiger charge is 2.18. The zero-order valence-corrected chi connectivity index (χ0v) is 13.7. The van der Waals surface area contributed by atoms with Gasteiger partial charge in [0.1, 0.15) is 0 Å². The average molecular weight is 332 g/mol. The lowest BCUT2D eigenvalue weighted by Crippen LogP contribution is -2.28. The van der Waals surface area contributed by atoms with Crippen LogP contribution in [0.1, 0.15) is 24.1 Å². The fraction of sp³-hybridized carbons (Fsp3) is 0.188. The van der Waals surface area contributed by atoms with Crippen LogP contribution in [0.4, 0.5) is 0 Å². The Kier molecular flexibility index (Phi) is 4.24. The van der Waals surface area contributed by atoms with Gasteiger partial charge in [0.05, 0.1) is 11.3 Å². The van der Waals surface area contributed by atoms with Gasteiger partial charge in [-0.2, -0.15) is 11.3 Å². The van der Waals surface area contributed by atoms with E-state index in [1.165, 1.54) is 0 Å². The maximum Gasteiger partial charge on any atom is 0.216 e. The molecule has 2 heterocycles. The molecule has 3 aromatic rings. The number of rotatable bonds is 5. The normalized spacial score (nSPS) is 13.3. The van der Waals surface area contributed by atoms with Crippen molar-refractivity contribution in [1.82, 2.24) is 9.71 Å². The van der Waals surface area contributed by atoms with Crippen molar-refractivity contribution in [3.8, 4) is 0 Å². The molecule has 22 heavy (non-hydrogen) atoms. The van der Waals surface area contributed by atoms with Gasteiger partial charge >= 0.3 is 0 Å². The number of benzene rings is 1. The molecule has 0 amide bonds. The molecule has 0 bridgehead atoms. The highest BCUT2D eigenvalue weighted by atomic mass is 32.2. The summed E-state index contributed by atoms with van der Waals surface area (Å²) in [7, 11) is -3.44. The molecule has 6 heteroatoms. The molecule has 0 aliphatic rings. The number of nitrogens with zero attached hydrogens (tertiary/aromatic N) is 1. The van der Waals surface area contributed by atoms with Gasteiger partial charge in [0.25, 0.3) is 0 Å².